The van der Waals surface area contributed by atoms with Gasteiger partial charge in [-0.05, 0) is 12.1 Å². The molecule has 0 amide bonds. The molecule has 2 aliphatic rings. The van der Waals surface area contributed by atoms with Crippen LogP contribution in [-0.2, 0) is 22.6 Å². The molecule has 2 atom stereocenters. The van der Waals surface area contributed by atoms with E-state index >= 15 is 0 Å². The van der Waals surface area contributed by atoms with Crippen molar-refractivity contribution in [3.8, 4) is 0 Å². The van der Waals surface area contributed by atoms with E-state index in [1.54, 1.807) is 24.5 Å². The van der Waals surface area contributed by atoms with Gasteiger partial charge in [-0.25, -0.2) is 24.3 Å². The Balaban J connectivity index is 0.000000181. The maximum absolute atomic E-state index is 12.7. The summed E-state index contributed by atoms with van der Waals surface area (Å²) in [5.74, 6) is 1.29. The Morgan fingerprint density at radius 1 is 0.906 bits per heavy atom. The zero-order valence-corrected chi connectivity index (χ0v) is 19.1. The van der Waals surface area contributed by atoms with Crippen molar-refractivity contribution >= 4 is 23.2 Å². The molecule has 9 nitrogen and oxygen atoms in total. The topological polar surface area (TPSA) is 96.7 Å². The lowest BCUT2D eigenvalue weighted by molar-refractivity contribution is -0.0322. The van der Waals surface area contributed by atoms with Crippen molar-refractivity contribution in [1.82, 2.24) is 29.7 Å². The van der Waals surface area contributed by atoms with E-state index in [1.165, 1.54) is 0 Å². The van der Waals surface area contributed by atoms with Gasteiger partial charge in [0, 0.05) is 25.5 Å². The first-order valence-electron chi connectivity index (χ1n) is 10.3. The van der Waals surface area contributed by atoms with Gasteiger partial charge in [-0.1, -0.05) is 23.2 Å². The van der Waals surface area contributed by atoms with Gasteiger partial charge in [0.1, 0.15) is 28.6 Å². The van der Waals surface area contributed by atoms with Crippen molar-refractivity contribution < 1.29 is 19.0 Å². The van der Waals surface area contributed by atoms with Gasteiger partial charge in [-0.15, -0.1) is 0 Å². The van der Waals surface area contributed by atoms with Gasteiger partial charge >= 0.3 is 0 Å². The highest BCUT2D eigenvalue weighted by molar-refractivity contribution is 6.29. The molecule has 0 spiro atoms. The Hall–Kier alpha value is -1.53. The first-order chi connectivity index (χ1) is 15.6. The average Bonchev–Trinajstić information content (AvgIpc) is 2.80. The fraction of sp³-hybridized carbons (Fsp3) is 0.600. The summed E-state index contributed by atoms with van der Waals surface area (Å²) in [6.45, 7) is 4.53. The van der Waals surface area contributed by atoms with Crippen LogP contribution in [0.1, 0.15) is 11.6 Å². The van der Waals surface area contributed by atoms with E-state index in [9.17, 15) is 9.50 Å². The molecule has 4 rings (SSSR count). The van der Waals surface area contributed by atoms with E-state index < -0.39 is 6.67 Å². The van der Waals surface area contributed by atoms with Crippen LogP contribution in [0.4, 0.5) is 4.39 Å². The SMILES string of the molecule is FCC1COCCN1Cc1nccc(Cl)n1.OCC1COCCN1Cc1nccc(Cl)n1. The van der Waals surface area contributed by atoms with Gasteiger partial charge in [-0.3, -0.25) is 9.80 Å². The fourth-order valence-electron chi connectivity index (χ4n) is 3.37. The Morgan fingerprint density at radius 3 is 1.88 bits per heavy atom. The summed E-state index contributed by atoms with van der Waals surface area (Å²) in [4.78, 5) is 20.5. The average molecular weight is 489 g/mol. The number of hydrogen-bond donors (Lipinski definition) is 1. The van der Waals surface area contributed by atoms with Crippen molar-refractivity contribution in [2.45, 2.75) is 25.2 Å². The normalized spacial score (nSPS) is 22.2. The number of nitrogens with zero attached hydrogens (tertiary/aromatic N) is 6. The first kappa shape index (κ1) is 25.1. The second kappa shape index (κ2) is 13.2. The number of morpholine rings is 2. The highest BCUT2D eigenvalue weighted by Gasteiger charge is 2.24. The number of halogens is 3. The van der Waals surface area contributed by atoms with Crippen LogP contribution >= 0.6 is 23.2 Å². The largest absolute Gasteiger partial charge is 0.395 e. The predicted molar refractivity (Wildman–Crippen MR) is 117 cm³/mol. The summed E-state index contributed by atoms with van der Waals surface area (Å²) in [6.07, 6.45) is 3.24. The molecule has 0 aromatic carbocycles. The third-order valence-corrected chi connectivity index (χ3v) is 5.54. The van der Waals surface area contributed by atoms with Crippen molar-refractivity contribution in [3.05, 3.63) is 46.5 Å². The molecule has 176 valence electrons. The van der Waals surface area contributed by atoms with Crippen molar-refractivity contribution in [2.24, 2.45) is 0 Å². The van der Waals surface area contributed by atoms with E-state index in [1.807, 2.05) is 4.90 Å². The standard InChI is InChI=1S/C10H13ClFN3O.C10H14ClN3O2/c11-9-1-2-13-10(14-9)6-15-3-4-16-7-8(15)5-12;11-9-1-2-12-10(13-9)5-14-3-4-16-7-8(14)6-15/h1-2,8H,3-7H2;1-2,8,15H,3-7H2. The second-order valence-corrected chi connectivity index (χ2v) is 8.10. The van der Waals surface area contributed by atoms with Crippen LogP contribution in [0.25, 0.3) is 0 Å². The Kier molecular flexibility index (Phi) is 10.4. The number of hydrogen-bond acceptors (Lipinski definition) is 9. The van der Waals surface area contributed by atoms with Gasteiger partial charge in [0.25, 0.3) is 0 Å². The number of alkyl halides is 1. The Labute approximate surface area is 196 Å². The molecule has 0 saturated carbocycles. The van der Waals surface area contributed by atoms with E-state index in [0.29, 0.717) is 68.0 Å². The van der Waals surface area contributed by atoms with Gasteiger partial charge in [-0.2, -0.15) is 0 Å². The molecular weight excluding hydrogens is 462 g/mol. The molecule has 2 aromatic rings. The highest BCUT2D eigenvalue weighted by Crippen LogP contribution is 2.12. The zero-order chi connectivity index (χ0) is 22.8. The quantitative estimate of drug-likeness (QED) is 0.608. The molecule has 2 saturated heterocycles. The van der Waals surface area contributed by atoms with Gasteiger partial charge < -0.3 is 14.6 Å². The highest BCUT2D eigenvalue weighted by atomic mass is 35.5. The van der Waals surface area contributed by atoms with Crippen LogP contribution in [0.2, 0.25) is 10.3 Å². The minimum atomic E-state index is -0.416. The summed E-state index contributed by atoms with van der Waals surface area (Å²) in [6, 6.07) is 3.10. The molecule has 4 heterocycles. The lowest BCUT2D eigenvalue weighted by Gasteiger charge is -2.33. The van der Waals surface area contributed by atoms with Crippen LogP contribution in [0.5, 0.6) is 0 Å². The van der Waals surface area contributed by atoms with Crippen LogP contribution < -0.4 is 0 Å². The molecule has 12 heteroatoms. The monoisotopic (exact) mass is 488 g/mol. The molecule has 2 unspecified atom stereocenters. The summed E-state index contributed by atoms with van der Waals surface area (Å²) >= 11 is 11.6. The Morgan fingerprint density at radius 2 is 1.41 bits per heavy atom. The Bertz CT molecular complexity index is 772. The van der Waals surface area contributed by atoms with Gasteiger partial charge in [0.15, 0.2) is 0 Å². The smallest absolute Gasteiger partial charge is 0.143 e. The number of aromatic nitrogens is 4. The van der Waals surface area contributed by atoms with Crippen LogP contribution in [0, 0.1) is 0 Å². The summed E-state index contributed by atoms with van der Waals surface area (Å²) < 4.78 is 23.2. The number of ether oxygens (including phenoxy) is 2. The molecule has 32 heavy (non-hydrogen) atoms. The molecular formula is C20H27Cl2FN6O3. The predicted octanol–water partition coefficient (Wildman–Crippen LogP) is 1.62. The lowest BCUT2D eigenvalue weighted by Crippen LogP contribution is -2.47. The number of aliphatic hydroxyl groups excluding tert-OH is 1. The first-order valence-corrected chi connectivity index (χ1v) is 11.1. The van der Waals surface area contributed by atoms with Crippen molar-refractivity contribution in [1.29, 1.82) is 0 Å². The molecule has 2 fully saturated rings. The summed E-state index contributed by atoms with van der Waals surface area (Å²) in [7, 11) is 0. The number of rotatable bonds is 6. The van der Waals surface area contributed by atoms with Crippen molar-refractivity contribution in [2.75, 3.05) is 52.8 Å². The molecule has 2 aromatic heterocycles. The van der Waals surface area contributed by atoms with Crippen LogP contribution in [0.3, 0.4) is 0 Å². The van der Waals surface area contributed by atoms with Gasteiger partial charge in [0.05, 0.1) is 58.2 Å². The molecule has 1 N–H and O–H groups in total. The molecule has 0 radical (unpaired) electrons. The fourth-order valence-corrected chi connectivity index (χ4v) is 3.68. The zero-order valence-electron chi connectivity index (χ0n) is 17.6. The minimum absolute atomic E-state index is 0.0244. The van der Waals surface area contributed by atoms with Crippen molar-refractivity contribution in [3.63, 3.8) is 0 Å². The van der Waals surface area contributed by atoms with Crippen LogP contribution in [-0.4, -0.2) is 99.7 Å². The summed E-state index contributed by atoms with van der Waals surface area (Å²) in [5, 5.41) is 10.1. The van der Waals surface area contributed by atoms with E-state index in [0.717, 1.165) is 6.54 Å². The van der Waals surface area contributed by atoms with E-state index in [4.69, 9.17) is 32.7 Å². The maximum atomic E-state index is 12.7. The van der Waals surface area contributed by atoms with E-state index in [2.05, 4.69) is 24.8 Å². The van der Waals surface area contributed by atoms with Crippen LogP contribution in [0.15, 0.2) is 24.5 Å². The third-order valence-electron chi connectivity index (χ3n) is 5.12. The molecule has 0 bridgehead atoms. The lowest BCUT2D eigenvalue weighted by atomic mass is 10.2. The van der Waals surface area contributed by atoms with E-state index in [-0.39, 0.29) is 18.7 Å². The molecule has 0 aliphatic carbocycles. The summed E-state index contributed by atoms with van der Waals surface area (Å²) in [5.41, 5.74) is 0. The maximum Gasteiger partial charge on any atom is 0.143 e. The second-order valence-electron chi connectivity index (χ2n) is 7.33. The third kappa shape index (κ3) is 7.80. The number of aliphatic hydroxyl groups is 1. The minimum Gasteiger partial charge on any atom is -0.395 e. The van der Waals surface area contributed by atoms with Gasteiger partial charge in [0.2, 0.25) is 0 Å². The molecule has 2 aliphatic heterocycles.